The van der Waals surface area contributed by atoms with Crippen molar-refractivity contribution in [2.75, 3.05) is 4.90 Å². The summed E-state index contributed by atoms with van der Waals surface area (Å²) in [6.45, 7) is 2.04. The second-order valence-electron chi connectivity index (χ2n) is 7.63. The fourth-order valence-corrected chi connectivity index (χ4v) is 4.68. The lowest BCUT2D eigenvalue weighted by atomic mass is 10.0. The van der Waals surface area contributed by atoms with E-state index in [0.717, 1.165) is 34.0 Å². The first kappa shape index (κ1) is 21.0. The Bertz CT molecular complexity index is 1270. The highest BCUT2D eigenvalue weighted by molar-refractivity contribution is 7.80. The van der Waals surface area contributed by atoms with Crippen LogP contribution in [-0.2, 0) is 0 Å². The number of pyridine rings is 1. The van der Waals surface area contributed by atoms with Crippen LogP contribution in [0.2, 0.25) is 10.0 Å². The molecular formula is C25H19Cl2N3OS. The predicted octanol–water partition coefficient (Wildman–Crippen LogP) is 7.13. The Balaban J connectivity index is 1.61. The average Bonchev–Trinajstić information content (AvgIpc) is 3.41. The molecule has 1 fully saturated rings. The molecule has 0 saturated carbocycles. The molecule has 0 unspecified atom stereocenters. The number of benzene rings is 2. The number of hydrogen-bond donors (Lipinski definition) is 1. The molecule has 5 rings (SSSR count). The summed E-state index contributed by atoms with van der Waals surface area (Å²) in [4.78, 5) is 6.63. The van der Waals surface area contributed by atoms with Gasteiger partial charge in [0.15, 0.2) is 5.11 Å². The standard InChI is InChI=1S/C25H19Cl2N3OS/c1-15-5-6-17(27)14-19(15)21-11-12-22(31-21)24-23(20-4-2-3-13-28-20)29-25(32)30(24)18-9-7-16(26)8-10-18/h2-14,23-24H,1H3,(H,29,32)/t23-,24-/m0/s1. The van der Waals surface area contributed by atoms with E-state index in [2.05, 4.69) is 15.2 Å². The number of thiocarbonyl (C=S) groups is 1. The van der Waals surface area contributed by atoms with Gasteiger partial charge in [0.05, 0.1) is 11.7 Å². The summed E-state index contributed by atoms with van der Waals surface area (Å²) in [5, 5.41) is 5.37. The molecule has 3 heterocycles. The Kier molecular flexibility index (Phi) is 5.64. The molecular weight excluding hydrogens is 461 g/mol. The van der Waals surface area contributed by atoms with Crippen LogP contribution in [0.1, 0.15) is 29.1 Å². The molecule has 0 radical (unpaired) electrons. The molecule has 1 N–H and O–H groups in total. The van der Waals surface area contributed by atoms with Gasteiger partial charge in [-0.05, 0) is 85.4 Å². The molecule has 0 aliphatic carbocycles. The smallest absolute Gasteiger partial charge is 0.174 e. The Morgan fingerprint density at radius 1 is 0.969 bits per heavy atom. The second-order valence-corrected chi connectivity index (χ2v) is 8.89. The van der Waals surface area contributed by atoms with E-state index in [0.29, 0.717) is 15.2 Å². The van der Waals surface area contributed by atoms with E-state index in [4.69, 9.17) is 39.8 Å². The molecule has 4 aromatic rings. The van der Waals surface area contributed by atoms with Gasteiger partial charge >= 0.3 is 0 Å². The summed E-state index contributed by atoms with van der Waals surface area (Å²) < 4.78 is 6.41. The number of halogens is 2. The normalized spacial score (nSPS) is 18.1. The number of hydrogen-bond acceptors (Lipinski definition) is 3. The van der Waals surface area contributed by atoms with E-state index in [1.165, 1.54) is 0 Å². The summed E-state index contributed by atoms with van der Waals surface area (Å²) >= 11 is 18.1. The summed E-state index contributed by atoms with van der Waals surface area (Å²) in [6, 6.07) is 22.8. The fraction of sp³-hybridized carbons (Fsp3) is 0.120. The fourth-order valence-electron chi connectivity index (χ4n) is 4.04. The van der Waals surface area contributed by atoms with E-state index in [1.54, 1.807) is 6.20 Å². The van der Waals surface area contributed by atoms with Gasteiger partial charge in [-0.25, -0.2) is 0 Å². The summed E-state index contributed by atoms with van der Waals surface area (Å²) in [5.41, 5.74) is 3.86. The average molecular weight is 480 g/mol. The zero-order chi connectivity index (χ0) is 22.2. The molecule has 1 aliphatic heterocycles. The first-order valence-electron chi connectivity index (χ1n) is 10.1. The van der Waals surface area contributed by atoms with Crippen molar-refractivity contribution in [1.29, 1.82) is 0 Å². The Hall–Kier alpha value is -2.86. The monoisotopic (exact) mass is 479 g/mol. The van der Waals surface area contributed by atoms with Gasteiger partial charge in [0, 0.05) is 27.5 Å². The first-order valence-corrected chi connectivity index (χ1v) is 11.3. The summed E-state index contributed by atoms with van der Waals surface area (Å²) in [5.74, 6) is 1.53. The number of nitrogens with zero attached hydrogens (tertiary/aromatic N) is 2. The Labute approximate surface area is 201 Å². The van der Waals surface area contributed by atoms with Gasteiger partial charge in [0.25, 0.3) is 0 Å². The second kappa shape index (κ2) is 8.58. The molecule has 0 bridgehead atoms. The number of aryl methyl sites for hydroxylation is 1. The molecule has 1 saturated heterocycles. The van der Waals surface area contributed by atoms with E-state index in [-0.39, 0.29) is 12.1 Å². The van der Waals surface area contributed by atoms with E-state index in [1.807, 2.05) is 79.7 Å². The molecule has 0 amide bonds. The van der Waals surface area contributed by atoms with Gasteiger partial charge in [-0.15, -0.1) is 0 Å². The quantitative estimate of drug-likeness (QED) is 0.315. The Morgan fingerprint density at radius 3 is 2.50 bits per heavy atom. The van der Waals surface area contributed by atoms with E-state index >= 15 is 0 Å². The van der Waals surface area contributed by atoms with Crippen molar-refractivity contribution >= 4 is 46.2 Å². The number of anilines is 1. The minimum absolute atomic E-state index is 0.182. The molecule has 0 spiro atoms. The van der Waals surface area contributed by atoms with Gasteiger partial charge in [0.1, 0.15) is 17.6 Å². The van der Waals surface area contributed by atoms with Crippen LogP contribution in [0.3, 0.4) is 0 Å². The van der Waals surface area contributed by atoms with Crippen LogP contribution in [0.25, 0.3) is 11.3 Å². The van der Waals surface area contributed by atoms with Crippen LogP contribution in [0.5, 0.6) is 0 Å². The highest BCUT2D eigenvalue weighted by atomic mass is 35.5. The largest absolute Gasteiger partial charge is 0.459 e. The molecule has 4 nitrogen and oxygen atoms in total. The molecule has 1 aliphatic rings. The molecule has 2 aromatic carbocycles. The topological polar surface area (TPSA) is 41.3 Å². The van der Waals surface area contributed by atoms with Crippen molar-refractivity contribution in [2.45, 2.75) is 19.0 Å². The molecule has 2 aromatic heterocycles. The van der Waals surface area contributed by atoms with Crippen molar-refractivity contribution in [3.8, 4) is 11.3 Å². The van der Waals surface area contributed by atoms with Gasteiger partial charge in [-0.1, -0.05) is 35.3 Å². The molecule has 160 valence electrons. The predicted molar refractivity (Wildman–Crippen MR) is 133 cm³/mol. The van der Waals surface area contributed by atoms with Crippen molar-refractivity contribution in [2.24, 2.45) is 0 Å². The zero-order valence-corrected chi connectivity index (χ0v) is 19.5. The third-order valence-corrected chi connectivity index (χ3v) is 6.39. The Morgan fingerprint density at radius 2 is 1.75 bits per heavy atom. The minimum atomic E-state index is -0.230. The lowest BCUT2D eigenvalue weighted by molar-refractivity contribution is 0.439. The van der Waals surface area contributed by atoms with Gasteiger partial charge in [-0.3, -0.25) is 4.98 Å². The van der Waals surface area contributed by atoms with Crippen LogP contribution in [0.4, 0.5) is 5.69 Å². The van der Waals surface area contributed by atoms with Crippen molar-refractivity contribution in [1.82, 2.24) is 10.3 Å². The van der Waals surface area contributed by atoms with Crippen LogP contribution < -0.4 is 10.2 Å². The molecule has 2 atom stereocenters. The van der Waals surface area contributed by atoms with Crippen molar-refractivity contribution < 1.29 is 4.42 Å². The zero-order valence-electron chi connectivity index (χ0n) is 17.1. The maximum atomic E-state index is 6.41. The first-order chi connectivity index (χ1) is 15.5. The molecule has 32 heavy (non-hydrogen) atoms. The lowest BCUT2D eigenvalue weighted by Gasteiger charge is -2.26. The minimum Gasteiger partial charge on any atom is -0.459 e. The van der Waals surface area contributed by atoms with Gasteiger partial charge in [0.2, 0.25) is 0 Å². The van der Waals surface area contributed by atoms with Crippen molar-refractivity contribution in [3.63, 3.8) is 0 Å². The maximum Gasteiger partial charge on any atom is 0.174 e. The van der Waals surface area contributed by atoms with Crippen molar-refractivity contribution in [3.05, 3.63) is 106 Å². The number of nitrogens with one attached hydrogen (secondary N) is 1. The maximum absolute atomic E-state index is 6.41. The van der Waals surface area contributed by atoms with E-state index < -0.39 is 0 Å². The number of rotatable bonds is 4. The van der Waals surface area contributed by atoms with Crippen LogP contribution in [0.15, 0.2) is 83.4 Å². The number of furan rings is 1. The van der Waals surface area contributed by atoms with Gasteiger partial charge in [-0.2, -0.15) is 0 Å². The highest BCUT2D eigenvalue weighted by Crippen LogP contribution is 2.43. The summed E-state index contributed by atoms with van der Waals surface area (Å²) in [6.07, 6.45) is 1.78. The van der Waals surface area contributed by atoms with E-state index in [9.17, 15) is 0 Å². The highest BCUT2D eigenvalue weighted by Gasteiger charge is 2.42. The third kappa shape index (κ3) is 3.88. The summed E-state index contributed by atoms with van der Waals surface area (Å²) in [7, 11) is 0. The third-order valence-electron chi connectivity index (χ3n) is 5.59. The lowest BCUT2D eigenvalue weighted by Crippen LogP contribution is -2.29. The van der Waals surface area contributed by atoms with Crippen LogP contribution in [-0.4, -0.2) is 10.1 Å². The number of aromatic nitrogens is 1. The van der Waals surface area contributed by atoms with Crippen LogP contribution >= 0.6 is 35.4 Å². The molecule has 7 heteroatoms. The van der Waals surface area contributed by atoms with Gasteiger partial charge < -0.3 is 14.6 Å². The van der Waals surface area contributed by atoms with Crippen LogP contribution in [0, 0.1) is 6.92 Å². The SMILES string of the molecule is Cc1ccc(Cl)cc1-c1ccc([C@H]2[C@H](c3ccccn3)NC(=S)N2c2ccc(Cl)cc2)o1.